The molecular formula is C15H19Cl2N3O. The number of anilines is 1. The van der Waals surface area contributed by atoms with Crippen molar-refractivity contribution in [1.82, 2.24) is 10.1 Å². The van der Waals surface area contributed by atoms with Crippen LogP contribution in [0, 0.1) is 12.8 Å². The summed E-state index contributed by atoms with van der Waals surface area (Å²) in [6, 6.07) is 4.53. The number of nitrogens with zero attached hydrogens (tertiary/aromatic N) is 2. The van der Waals surface area contributed by atoms with Gasteiger partial charge in [-0.05, 0) is 50.4 Å². The predicted molar refractivity (Wildman–Crippen MR) is 87.6 cm³/mol. The van der Waals surface area contributed by atoms with Crippen molar-refractivity contribution in [3.8, 4) is 0 Å². The lowest BCUT2D eigenvalue weighted by atomic mass is 9.84. The molecule has 3 saturated heterocycles. The SMILES string of the molecule is Cc1ccc2c(NC3CN4CCC3CC4)noc2c1Cl.Cl. The van der Waals surface area contributed by atoms with Gasteiger partial charge >= 0.3 is 0 Å². The topological polar surface area (TPSA) is 41.3 Å². The summed E-state index contributed by atoms with van der Waals surface area (Å²) >= 11 is 6.28. The molecule has 3 fully saturated rings. The fourth-order valence-corrected chi connectivity index (χ4v) is 3.68. The van der Waals surface area contributed by atoms with Gasteiger partial charge in [-0.1, -0.05) is 22.8 Å². The van der Waals surface area contributed by atoms with Crippen LogP contribution >= 0.6 is 24.0 Å². The molecule has 3 aliphatic rings. The fourth-order valence-electron chi connectivity index (χ4n) is 3.48. The molecular weight excluding hydrogens is 309 g/mol. The number of hydrogen-bond donors (Lipinski definition) is 1. The van der Waals surface area contributed by atoms with Gasteiger partial charge in [-0.25, -0.2) is 0 Å². The molecule has 0 saturated carbocycles. The third-order valence-electron chi connectivity index (χ3n) is 4.75. The number of rotatable bonds is 2. The molecule has 1 atom stereocenters. The van der Waals surface area contributed by atoms with Crippen LogP contribution in [-0.4, -0.2) is 35.7 Å². The first-order valence-corrected chi connectivity index (χ1v) is 7.63. The number of benzene rings is 1. The maximum absolute atomic E-state index is 6.28. The molecule has 0 spiro atoms. The van der Waals surface area contributed by atoms with Crippen LogP contribution < -0.4 is 5.32 Å². The number of nitrogens with one attached hydrogen (secondary N) is 1. The van der Waals surface area contributed by atoms with Gasteiger partial charge in [0.1, 0.15) is 0 Å². The Hall–Kier alpha value is -0.970. The van der Waals surface area contributed by atoms with Gasteiger partial charge in [0, 0.05) is 12.6 Å². The summed E-state index contributed by atoms with van der Waals surface area (Å²) in [5.74, 6) is 1.59. The Labute approximate surface area is 135 Å². The van der Waals surface area contributed by atoms with E-state index in [0.29, 0.717) is 16.6 Å². The van der Waals surface area contributed by atoms with Gasteiger partial charge in [0.25, 0.3) is 0 Å². The summed E-state index contributed by atoms with van der Waals surface area (Å²) in [5.41, 5.74) is 1.71. The average molecular weight is 328 g/mol. The van der Waals surface area contributed by atoms with Crippen molar-refractivity contribution in [2.24, 2.45) is 5.92 Å². The first kappa shape index (κ1) is 14.9. The van der Waals surface area contributed by atoms with Crippen molar-refractivity contribution in [1.29, 1.82) is 0 Å². The van der Waals surface area contributed by atoms with Crippen molar-refractivity contribution >= 4 is 40.8 Å². The van der Waals surface area contributed by atoms with Gasteiger partial charge in [-0.3, -0.25) is 0 Å². The number of aryl methyl sites for hydroxylation is 1. The molecule has 0 amide bonds. The molecule has 2 bridgehead atoms. The van der Waals surface area contributed by atoms with E-state index in [2.05, 4.69) is 15.4 Å². The molecule has 4 heterocycles. The average Bonchev–Trinajstić information content (AvgIpc) is 2.88. The van der Waals surface area contributed by atoms with Crippen LogP contribution in [0.5, 0.6) is 0 Å². The molecule has 1 aromatic carbocycles. The summed E-state index contributed by atoms with van der Waals surface area (Å²) in [7, 11) is 0. The van der Waals surface area contributed by atoms with E-state index in [4.69, 9.17) is 16.1 Å². The molecule has 4 nitrogen and oxygen atoms in total. The predicted octanol–water partition coefficient (Wildman–Crippen LogP) is 3.72. The Morgan fingerprint density at radius 2 is 2.10 bits per heavy atom. The van der Waals surface area contributed by atoms with Crippen LogP contribution in [0.15, 0.2) is 16.7 Å². The van der Waals surface area contributed by atoms with E-state index in [9.17, 15) is 0 Å². The van der Waals surface area contributed by atoms with Gasteiger partial charge in [-0.15, -0.1) is 12.4 Å². The molecule has 2 aromatic rings. The van der Waals surface area contributed by atoms with Crippen molar-refractivity contribution in [3.63, 3.8) is 0 Å². The lowest BCUT2D eigenvalue weighted by Gasteiger charge is -2.44. The van der Waals surface area contributed by atoms with Crippen LogP contribution in [0.2, 0.25) is 5.02 Å². The highest BCUT2D eigenvalue weighted by atomic mass is 35.5. The molecule has 21 heavy (non-hydrogen) atoms. The second-order valence-electron chi connectivity index (χ2n) is 5.99. The number of aromatic nitrogens is 1. The molecule has 114 valence electrons. The van der Waals surface area contributed by atoms with Gasteiger partial charge in [0.2, 0.25) is 0 Å². The standard InChI is InChI=1S/C15H18ClN3O.ClH/c1-9-2-3-11-14(13(9)16)20-18-15(11)17-12-8-19-6-4-10(12)5-7-19;/h2-3,10,12H,4-8H2,1H3,(H,17,18);1H. The van der Waals surface area contributed by atoms with E-state index < -0.39 is 0 Å². The second kappa shape index (κ2) is 5.67. The summed E-state index contributed by atoms with van der Waals surface area (Å²) in [5, 5.41) is 9.41. The Balaban J connectivity index is 0.00000132. The molecule has 1 aromatic heterocycles. The Morgan fingerprint density at radius 1 is 1.33 bits per heavy atom. The minimum Gasteiger partial charge on any atom is -0.362 e. The number of halogens is 2. The minimum absolute atomic E-state index is 0. The van der Waals surface area contributed by atoms with Crippen molar-refractivity contribution in [2.45, 2.75) is 25.8 Å². The number of piperidine rings is 3. The van der Waals surface area contributed by atoms with Crippen LogP contribution in [0.1, 0.15) is 18.4 Å². The van der Waals surface area contributed by atoms with Gasteiger partial charge in [-0.2, -0.15) is 0 Å². The Bertz CT molecular complexity index is 650. The van der Waals surface area contributed by atoms with E-state index in [1.54, 1.807) is 0 Å². The molecule has 1 N–H and O–H groups in total. The van der Waals surface area contributed by atoms with Crippen molar-refractivity contribution in [2.75, 3.05) is 25.0 Å². The number of hydrogen-bond acceptors (Lipinski definition) is 4. The Morgan fingerprint density at radius 3 is 2.76 bits per heavy atom. The summed E-state index contributed by atoms with van der Waals surface area (Å²) < 4.78 is 5.42. The molecule has 5 rings (SSSR count). The second-order valence-corrected chi connectivity index (χ2v) is 6.37. The lowest BCUT2D eigenvalue weighted by Crippen LogP contribution is -2.53. The maximum atomic E-state index is 6.28. The van der Waals surface area contributed by atoms with E-state index >= 15 is 0 Å². The fraction of sp³-hybridized carbons (Fsp3) is 0.533. The first-order chi connectivity index (χ1) is 9.72. The Kier molecular flexibility index (Phi) is 4.04. The molecule has 0 radical (unpaired) electrons. The maximum Gasteiger partial charge on any atom is 0.187 e. The zero-order chi connectivity index (χ0) is 13.7. The third-order valence-corrected chi connectivity index (χ3v) is 5.22. The monoisotopic (exact) mass is 327 g/mol. The minimum atomic E-state index is 0. The quantitative estimate of drug-likeness (QED) is 0.912. The van der Waals surface area contributed by atoms with Crippen molar-refractivity contribution < 1.29 is 4.52 Å². The van der Waals surface area contributed by atoms with E-state index in [1.165, 1.54) is 25.9 Å². The molecule has 6 heteroatoms. The highest BCUT2D eigenvalue weighted by Gasteiger charge is 2.34. The van der Waals surface area contributed by atoms with E-state index in [-0.39, 0.29) is 12.4 Å². The highest BCUT2D eigenvalue weighted by molar-refractivity contribution is 6.35. The van der Waals surface area contributed by atoms with Gasteiger partial charge in [0.05, 0.1) is 10.4 Å². The molecule has 3 aliphatic heterocycles. The van der Waals surface area contributed by atoms with Crippen molar-refractivity contribution in [3.05, 3.63) is 22.7 Å². The van der Waals surface area contributed by atoms with Crippen LogP contribution in [0.4, 0.5) is 5.82 Å². The normalized spacial score (nSPS) is 27.6. The van der Waals surface area contributed by atoms with Crippen LogP contribution in [0.25, 0.3) is 11.0 Å². The summed E-state index contributed by atoms with van der Waals surface area (Å²) in [6.45, 7) is 5.57. The third kappa shape index (κ3) is 2.50. The van der Waals surface area contributed by atoms with E-state index in [0.717, 1.165) is 29.2 Å². The first-order valence-electron chi connectivity index (χ1n) is 7.26. The van der Waals surface area contributed by atoms with Gasteiger partial charge < -0.3 is 14.7 Å². The van der Waals surface area contributed by atoms with Crippen LogP contribution in [0.3, 0.4) is 0 Å². The zero-order valence-corrected chi connectivity index (χ0v) is 13.5. The lowest BCUT2D eigenvalue weighted by molar-refractivity contribution is 0.0973. The van der Waals surface area contributed by atoms with Crippen LogP contribution in [-0.2, 0) is 0 Å². The largest absolute Gasteiger partial charge is 0.362 e. The summed E-state index contributed by atoms with van der Waals surface area (Å²) in [6.07, 6.45) is 2.57. The molecule has 1 unspecified atom stereocenters. The molecule has 0 aliphatic carbocycles. The van der Waals surface area contributed by atoms with E-state index in [1.807, 2.05) is 19.1 Å². The number of fused-ring (bicyclic) bond motifs is 4. The summed E-state index contributed by atoms with van der Waals surface area (Å²) in [4.78, 5) is 2.52. The smallest absolute Gasteiger partial charge is 0.187 e. The zero-order valence-electron chi connectivity index (χ0n) is 11.9. The highest BCUT2D eigenvalue weighted by Crippen LogP contribution is 2.34. The van der Waals surface area contributed by atoms with Gasteiger partial charge in [0.15, 0.2) is 11.4 Å².